The summed E-state index contributed by atoms with van der Waals surface area (Å²) < 4.78 is 0. The molecule has 0 amide bonds. The molecule has 6 nitrogen and oxygen atoms in total. The maximum Gasteiger partial charge on any atom is 0.346 e. The highest BCUT2D eigenvalue weighted by atomic mass is 32.2. The summed E-state index contributed by atoms with van der Waals surface area (Å²) in [4.78, 5) is 28.6. The van der Waals surface area contributed by atoms with Crippen molar-refractivity contribution in [2.24, 2.45) is 5.41 Å². The van der Waals surface area contributed by atoms with Crippen molar-refractivity contribution in [1.82, 2.24) is 9.97 Å². The molecule has 0 saturated heterocycles. The van der Waals surface area contributed by atoms with Crippen LogP contribution in [-0.2, 0) is 0 Å². The van der Waals surface area contributed by atoms with Crippen molar-refractivity contribution in [3.8, 4) is 6.07 Å². The maximum atomic E-state index is 11.3. The average Bonchev–Trinajstić information content (AvgIpc) is 3.06. The number of aryl methyl sites for hydroxylation is 1. The number of hydrogen-bond donors (Lipinski definition) is 2. The first kappa shape index (κ1) is 13.6. The molecule has 1 aliphatic rings. The minimum Gasteiger partial charge on any atom is -0.478 e. The minimum atomic E-state index is -1.10. The van der Waals surface area contributed by atoms with Gasteiger partial charge >= 0.3 is 11.7 Å². The monoisotopic (exact) mass is 279 g/mol. The van der Waals surface area contributed by atoms with E-state index in [4.69, 9.17) is 10.4 Å². The zero-order chi connectivity index (χ0) is 14.0. The predicted octanol–water partition coefficient (Wildman–Crippen LogP) is 1.56. The Morgan fingerprint density at radius 1 is 1.63 bits per heavy atom. The van der Waals surface area contributed by atoms with Crippen molar-refractivity contribution in [1.29, 1.82) is 5.26 Å². The molecule has 0 spiro atoms. The van der Waals surface area contributed by atoms with Crippen LogP contribution in [0.15, 0.2) is 9.82 Å². The Labute approximate surface area is 113 Å². The third kappa shape index (κ3) is 2.96. The first-order valence-corrected chi connectivity index (χ1v) is 6.80. The smallest absolute Gasteiger partial charge is 0.346 e. The van der Waals surface area contributed by atoms with E-state index in [-0.39, 0.29) is 16.0 Å². The molecular formula is C12H13N3O3S. The summed E-state index contributed by atoms with van der Waals surface area (Å²) in [5, 5.41) is 18.1. The third-order valence-corrected chi connectivity index (χ3v) is 4.55. The molecule has 100 valence electrons. The number of carboxylic acids is 1. The van der Waals surface area contributed by atoms with E-state index < -0.39 is 11.7 Å². The van der Waals surface area contributed by atoms with Gasteiger partial charge < -0.3 is 10.1 Å². The van der Waals surface area contributed by atoms with Gasteiger partial charge in [0.2, 0.25) is 0 Å². The second-order valence-corrected chi connectivity index (χ2v) is 5.74. The molecule has 1 aliphatic carbocycles. The van der Waals surface area contributed by atoms with Crippen molar-refractivity contribution in [3.05, 3.63) is 21.7 Å². The SMILES string of the molecule is Cc1[nH]c(=O)nc(SCC2(CC#N)CC2)c1C(=O)O. The number of aromatic carboxylic acids is 1. The fourth-order valence-corrected chi connectivity index (χ4v) is 3.22. The van der Waals surface area contributed by atoms with Gasteiger partial charge in [0, 0.05) is 17.9 Å². The largest absolute Gasteiger partial charge is 0.478 e. The second-order valence-electron chi connectivity index (χ2n) is 4.78. The Balaban J connectivity index is 2.23. The van der Waals surface area contributed by atoms with Gasteiger partial charge in [0.05, 0.1) is 6.07 Å². The number of nitriles is 1. The van der Waals surface area contributed by atoms with Crippen LogP contribution in [0.4, 0.5) is 0 Å². The van der Waals surface area contributed by atoms with Crippen LogP contribution in [0.3, 0.4) is 0 Å². The molecule has 1 saturated carbocycles. The van der Waals surface area contributed by atoms with E-state index in [9.17, 15) is 9.59 Å². The number of nitrogens with one attached hydrogen (secondary N) is 1. The molecule has 1 aromatic heterocycles. The van der Waals surface area contributed by atoms with Gasteiger partial charge in [-0.15, -0.1) is 11.8 Å². The van der Waals surface area contributed by atoms with Gasteiger partial charge in [-0.3, -0.25) is 0 Å². The lowest BCUT2D eigenvalue weighted by Gasteiger charge is -2.11. The number of rotatable bonds is 5. The predicted molar refractivity (Wildman–Crippen MR) is 69.2 cm³/mol. The molecule has 7 heteroatoms. The van der Waals surface area contributed by atoms with Crippen LogP contribution in [0.1, 0.15) is 35.3 Å². The summed E-state index contributed by atoms with van der Waals surface area (Å²) in [7, 11) is 0. The number of carbonyl (C=O) groups is 1. The summed E-state index contributed by atoms with van der Waals surface area (Å²) in [6.07, 6.45) is 2.40. The average molecular weight is 279 g/mol. The number of hydrogen-bond acceptors (Lipinski definition) is 5. The zero-order valence-electron chi connectivity index (χ0n) is 10.4. The van der Waals surface area contributed by atoms with Crippen molar-refractivity contribution in [2.45, 2.75) is 31.2 Å². The lowest BCUT2D eigenvalue weighted by atomic mass is 10.1. The molecule has 0 aromatic carbocycles. The number of aromatic nitrogens is 2. The quantitative estimate of drug-likeness (QED) is 0.625. The molecule has 0 bridgehead atoms. The number of thioether (sulfide) groups is 1. The molecule has 1 fully saturated rings. The maximum absolute atomic E-state index is 11.3. The van der Waals surface area contributed by atoms with E-state index in [1.54, 1.807) is 6.92 Å². The molecule has 2 rings (SSSR count). The second kappa shape index (κ2) is 5.05. The van der Waals surface area contributed by atoms with Crippen LogP contribution in [0.2, 0.25) is 0 Å². The van der Waals surface area contributed by atoms with Crippen molar-refractivity contribution in [3.63, 3.8) is 0 Å². The fraction of sp³-hybridized carbons (Fsp3) is 0.500. The highest BCUT2D eigenvalue weighted by molar-refractivity contribution is 7.99. The van der Waals surface area contributed by atoms with Crippen molar-refractivity contribution >= 4 is 17.7 Å². The van der Waals surface area contributed by atoms with Gasteiger partial charge in [0.1, 0.15) is 10.6 Å². The molecular weight excluding hydrogens is 266 g/mol. The van der Waals surface area contributed by atoms with E-state index >= 15 is 0 Å². The molecule has 0 unspecified atom stereocenters. The minimum absolute atomic E-state index is 0.0205. The lowest BCUT2D eigenvalue weighted by molar-refractivity contribution is 0.0690. The van der Waals surface area contributed by atoms with E-state index in [2.05, 4.69) is 16.0 Å². The van der Waals surface area contributed by atoms with Crippen LogP contribution in [0.25, 0.3) is 0 Å². The van der Waals surface area contributed by atoms with Gasteiger partial charge in [0.15, 0.2) is 0 Å². The molecule has 0 radical (unpaired) electrons. The number of H-pyrrole nitrogens is 1. The molecule has 2 N–H and O–H groups in total. The molecule has 1 aromatic rings. The molecule has 1 heterocycles. The van der Waals surface area contributed by atoms with Crippen LogP contribution < -0.4 is 5.69 Å². The number of aromatic amines is 1. The topological polar surface area (TPSA) is 107 Å². The van der Waals surface area contributed by atoms with Crippen molar-refractivity contribution < 1.29 is 9.90 Å². The Bertz CT molecular complexity index is 614. The molecule has 0 aliphatic heterocycles. The van der Waals surface area contributed by atoms with E-state index in [0.717, 1.165) is 12.8 Å². The van der Waals surface area contributed by atoms with Gasteiger partial charge in [-0.05, 0) is 25.2 Å². The summed E-state index contributed by atoms with van der Waals surface area (Å²) in [6, 6.07) is 2.15. The van der Waals surface area contributed by atoms with Gasteiger partial charge in [-0.25, -0.2) is 9.59 Å². The summed E-state index contributed by atoms with van der Waals surface area (Å²) in [6.45, 7) is 1.54. The lowest BCUT2D eigenvalue weighted by Crippen LogP contribution is -2.18. The zero-order valence-corrected chi connectivity index (χ0v) is 11.2. The highest BCUT2D eigenvalue weighted by Crippen LogP contribution is 2.51. The van der Waals surface area contributed by atoms with E-state index in [1.807, 2.05) is 0 Å². The molecule has 0 atom stereocenters. The van der Waals surface area contributed by atoms with Gasteiger partial charge in [-0.1, -0.05) is 0 Å². The summed E-state index contributed by atoms with van der Waals surface area (Å²) in [5.41, 5.74) is -0.222. The van der Waals surface area contributed by atoms with E-state index in [0.29, 0.717) is 17.9 Å². The van der Waals surface area contributed by atoms with Crippen molar-refractivity contribution in [2.75, 3.05) is 5.75 Å². The van der Waals surface area contributed by atoms with Gasteiger partial charge in [0.25, 0.3) is 0 Å². The third-order valence-electron chi connectivity index (χ3n) is 3.23. The first-order chi connectivity index (χ1) is 8.97. The Morgan fingerprint density at radius 2 is 2.32 bits per heavy atom. The Morgan fingerprint density at radius 3 is 2.84 bits per heavy atom. The van der Waals surface area contributed by atoms with Gasteiger partial charge in [-0.2, -0.15) is 10.2 Å². The highest BCUT2D eigenvalue weighted by Gasteiger charge is 2.42. The summed E-state index contributed by atoms with van der Waals surface area (Å²) >= 11 is 1.25. The Hall–Kier alpha value is -1.81. The number of carboxylic acid groups (broad SMARTS) is 1. The van der Waals surface area contributed by atoms with Crippen LogP contribution in [-0.4, -0.2) is 26.8 Å². The van der Waals surface area contributed by atoms with Crippen LogP contribution >= 0.6 is 11.8 Å². The normalized spacial score (nSPS) is 15.8. The fourth-order valence-electron chi connectivity index (χ4n) is 1.85. The first-order valence-electron chi connectivity index (χ1n) is 5.81. The van der Waals surface area contributed by atoms with Crippen LogP contribution in [0, 0.1) is 23.7 Å². The summed E-state index contributed by atoms with van der Waals surface area (Å²) in [5.74, 6) is -0.481. The van der Waals surface area contributed by atoms with Crippen LogP contribution in [0.5, 0.6) is 0 Å². The Kier molecular flexibility index (Phi) is 3.62. The standard InChI is InChI=1S/C12H13N3O3S/c1-7-8(10(16)17)9(15-11(18)14-7)19-6-12(2-3-12)4-5-13/h2-4,6H2,1H3,(H,16,17)(H,14,15,18). The number of nitrogens with zero attached hydrogens (tertiary/aromatic N) is 2. The molecule has 19 heavy (non-hydrogen) atoms. The van der Waals surface area contributed by atoms with E-state index in [1.165, 1.54) is 11.8 Å².